The largest absolute Gasteiger partial charge is 0.160 e. The highest BCUT2D eigenvalue weighted by molar-refractivity contribution is 4.93. The van der Waals surface area contributed by atoms with Gasteiger partial charge in [-0.1, -0.05) is 12.2 Å². The van der Waals surface area contributed by atoms with Gasteiger partial charge in [-0.05, 0) is 6.42 Å². The second kappa shape index (κ2) is 2.29. The highest BCUT2D eigenvalue weighted by Gasteiger charge is 1.72. The summed E-state index contributed by atoms with van der Waals surface area (Å²) in [5.74, 6) is 0. The van der Waals surface area contributed by atoms with Crippen LogP contribution in [0.25, 0.3) is 0 Å². The van der Waals surface area contributed by atoms with Gasteiger partial charge >= 0.3 is 0 Å². The molecule has 0 saturated carbocycles. The summed E-state index contributed by atoms with van der Waals surface area (Å²) >= 11 is 0. The van der Waals surface area contributed by atoms with Crippen molar-refractivity contribution in [1.82, 2.24) is 0 Å². The smallest absolute Gasteiger partial charge is 0.0458 e. The van der Waals surface area contributed by atoms with Crippen molar-refractivity contribution in [3.63, 3.8) is 0 Å². The molecule has 0 saturated heterocycles. The minimum Gasteiger partial charge on any atom is -0.160 e. The van der Waals surface area contributed by atoms with Crippen molar-refractivity contribution in [2.45, 2.75) is 6.42 Å². The molecule has 2 nitrogen and oxygen atoms in total. The molecule has 0 radical (unpaired) electrons. The van der Waals surface area contributed by atoms with Crippen molar-refractivity contribution in [2.75, 3.05) is 0 Å². The fraction of sp³-hybridized carbons (Fsp3) is 0.200. The average molecular weight is 94.1 g/mol. The third-order valence-corrected chi connectivity index (χ3v) is 0.683. The van der Waals surface area contributed by atoms with E-state index in [1.807, 2.05) is 12.2 Å². The molecule has 0 aliphatic carbocycles. The number of allylic oxidation sites excluding steroid dienone is 2. The van der Waals surface area contributed by atoms with Gasteiger partial charge < -0.3 is 0 Å². The van der Waals surface area contributed by atoms with Crippen molar-refractivity contribution >= 4 is 0 Å². The van der Waals surface area contributed by atoms with E-state index in [-0.39, 0.29) is 0 Å². The van der Waals surface area contributed by atoms with E-state index in [0.29, 0.717) is 0 Å². The number of azo groups is 1. The molecule has 36 valence electrons. The monoisotopic (exact) mass is 94.1 g/mol. The van der Waals surface area contributed by atoms with E-state index in [0.717, 1.165) is 6.42 Å². The first kappa shape index (κ1) is 4.24. The van der Waals surface area contributed by atoms with Crippen molar-refractivity contribution in [3.05, 3.63) is 24.6 Å². The van der Waals surface area contributed by atoms with Crippen LogP contribution in [-0.4, -0.2) is 0 Å². The van der Waals surface area contributed by atoms with Crippen molar-refractivity contribution in [1.29, 1.82) is 0 Å². The normalized spacial score (nSPS) is 17.1. The maximum absolute atomic E-state index is 3.63. The third kappa shape index (κ3) is 1.30. The Morgan fingerprint density at radius 2 is 1.57 bits per heavy atom. The fourth-order valence-corrected chi connectivity index (χ4v) is 0.372. The molecule has 1 aliphatic rings. The molecule has 0 aromatic heterocycles. The first-order valence-corrected chi connectivity index (χ1v) is 2.20. The summed E-state index contributed by atoms with van der Waals surface area (Å²) in [6, 6.07) is 0. The van der Waals surface area contributed by atoms with Gasteiger partial charge in [0.2, 0.25) is 0 Å². The van der Waals surface area contributed by atoms with Crippen LogP contribution in [0, 0.1) is 0 Å². The molecule has 0 unspecified atom stereocenters. The molecule has 0 spiro atoms. The average Bonchev–Trinajstić information content (AvgIpc) is 1.90. The van der Waals surface area contributed by atoms with Crippen molar-refractivity contribution in [2.24, 2.45) is 10.2 Å². The summed E-state index contributed by atoms with van der Waals surface area (Å²) in [5.41, 5.74) is 0. The quantitative estimate of drug-likeness (QED) is 0.437. The van der Waals surface area contributed by atoms with Gasteiger partial charge in [0.25, 0.3) is 0 Å². The zero-order chi connectivity index (χ0) is 4.95. The molecule has 1 heterocycles. The highest BCUT2D eigenvalue weighted by atomic mass is 15.1. The standard InChI is InChI=1S/C5H6N2/c1-2-4-6-7-5-3-1/h2-5H,1H2. The van der Waals surface area contributed by atoms with Crippen LogP contribution >= 0.6 is 0 Å². The minimum absolute atomic E-state index is 0.951. The lowest BCUT2D eigenvalue weighted by Gasteiger charge is -1.67. The van der Waals surface area contributed by atoms with Gasteiger partial charge in [-0.15, -0.1) is 0 Å². The molecule has 0 aromatic rings. The second-order valence-corrected chi connectivity index (χ2v) is 1.24. The van der Waals surface area contributed by atoms with E-state index in [4.69, 9.17) is 0 Å². The van der Waals surface area contributed by atoms with E-state index in [9.17, 15) is 0 Å². The zero-order valence-corrected chi connectivity index (χ0v) is 3.91. The molecular formula is C5H6N2. The lowest BCUT2D eigenvalue weighted by molar-refractivity contribution is 1.24. The van der Waals surface area contributed by atoms with Gasteiger partial charge in [0.15, 0.2) is 0 Å². The number of hydrogen-bond acceptors (Lipinski definition) is 2. The topological polar surface area (TPSA) is 24.7 Å². The molecule has 2 heteroatoms. The van der Waals surface area contributed by atoms with Gasteiger partial charge in [0.05, 0.1) is 0 Å². The maximum Gasteiger partial charge on any atom is 0.0458 e. The Bertz CT molecular complexity index is 108. The van der Waals surface area contributed by atoms with Gasteiger partial charge in [-0.3, -0.25) is 0 Å². The van der Waals surface area contributed by atoms with Gasteiger partial charge in [0, 0.05) is 12.4 Å². The van der Waals surface area contributed by atoms with E-state index < -0.39 is 0 Å². The Labute approximate surface area is 42.3 Å². The first-order chi connectivity index (χ1) is 3.50. The molecule has 0 bridgehead atoms. The summed E-state index contributed by atoms with van der Waals surface area (Å²) < 4.78 is 0. The summed E-state index contributed by atoms with van der Waals surface area (Å²) in [5, 5.41) is 7.26. The third-order valence-electron chi connectivity index (χ3n) is 0.683. The molecule has 0 aromatic carbocycles. The van der Waals surface area contributed by atoms with E-state index >= 15 is 0 Å². The SMILES string of the molecule is C1=CN=NC=CC1. The van der Waals surface area contributed by atoms with Crippen LogP contribution in [0.5, 0.6) is 0 Å². The molecule has 1 aliphatic heterocycles. The molecule has 1 rings (SSSR count). The van der Waals surface area contributed by atoms with Crippen LogP contribution in [0.2, 0.25) is 0 Å². The fourth-order valence-electron chi connectivity index (χ4n) is 0.372. The zero-order valence-electron chi connectivity index (χ0n) is 3.91. The highest BCUT2D eigenvalue weighted by Crippen LogP contribution is 1.92. The van der Waals surface area contributed by atoms with Crippen LogP contribution in [0.3, 0.4) is 0 Å². The summed E-state index contributed by atoms with van der Waals surface area (Å²) in [4.78, 5) is 0. The van der Waals surface area contributed by atoms with E-state index in [1.54, 1.807) is 12.4 Å². The predicted octanol–water partition coefficient (Wildman–Crippen LogP) is 1.87. The summed E-state index contributed by atoms with van der Waals surface area (Å²) in [6.45, 7) is 0. The predicted molar refractivity (Wildman–Crippen MR) is 27.8 cm³/mol. The molecule has 0 N–H and O–H groups in total. The molecule has 0 fully saturated rings. The molecule has 7 heavy (non-hydrogen) atoms. The van der Waals surface area contributed by atoms with Crippen LogP contribution in [0.1, 0.15) is 6.42 Å². The minimum atomic E-state index is 0.951. The molecule has 0 atom stereocenters. The Balaban J connectivity index is 2.60. The second-order valence-electron chi connectivity index (χ2n) is 1.24. The lowest BCUT2D eigenvalue weighted by Crippen LogP contribution is -1.48. The van der Waals surface area contributed by atoms with E-state index in [1.165, 1.54) is 0 Å². The Morgan fingerprint density at radius 1 is 1.00 bits per heavy atom. The number of hydrogen-bond donors (Lipinski definition) is 0. The summed E-state index contributed by atoms with van der Waals surface area (Å²) in [6.07, 6.45) is 8.24. The van der Waals surface area contributed by atoms with Gasteiger partial charge in [-0.2, -0.15) is 10.2 Å². The first-order valence-electron chi connectivity index (χ1n) is 2.20. The molecule has 0 amide bonds. The van der Waals surface area contributed by atoms with Crippen molar-refractivity contribution in [3.8, 4) is 0 Å². The van der Waals surface area contributed by atoms with Crippen LogP contribution in [0.4, 0.5) is 0 Å². The van der Waals surface area contributed by atoms with Gasteiger partial charge in [0.1, 0.15) is 0 Å². The van der Waals surface area contributed by atoms with E-state index in [2.05, 4.69) is 10.2 Å². The van der Waals surface area contributed by atoms with Crippen LogP contribution in [-0.2, 0) is 0 Å². The number of rotatable bonds is 0. The summed E-state index contributed by atoms with van der Waals surface area (Å²) in [7, 11) is 0. The Kier molecular flexibility index (Phi) is 1.39. The van der Waals surface area contributed by atoms with Crippen molar-refractivity contribution < 1.29 is 0 Å². The number of nitrogens with zero attached hydrogens (tertiary/aromatic N) is 2. The lowest BCUT2D eigenvalue weighted by atomic mass is 10.4. The Morgan fingerprint density at radius 3 is 2.14 bits per heavy atom. The van der Waals surface area contributed by atoms with Crippen LogP contribution in [0.15, 0.2) is 34.8 Å². The van der Waals surface area contributed by atoms with Gasteiger partial charge in [-0.25, -0.2) is 0 Å². The van der Waals surface area contributed by atoms with Crippen LogP contribution < -0.4 is 0 Å². The molecular weight excluding hydrogens is 88.1 g/mol. The Hall–Kier alpha value is -0.920. The maximum atomic E-state index is 3.63.